The summed E-state index contributed by atoms with van der Waals surface area (Å²) in [5.41, 5.74) is 5.79. The highest BCUT2D eigenvalue weighted by atomic mass is 32.2. The Balaban J connectivity index is 2.36. The van der Waals surface area contributed by atoms with E-state index >= 15 is 0 Å². The van der Waals surface area contributed by atoms with Crippen LogP contribution < -0.4 is 5.73 Å². The van der Waals surface area contributed by atoms with Gasteiger partial charge in [0.1, 0.15) is 0 Å². The third-order valence-corrected chi connectivity index (χ3v) is 3.34. The molecule has 1 aliphatic heterocycles. The lowest BCUT2D eigenvalue weighted by atomic mass is 10.2. The maximum atomic E-state index is 5.79. The van der Waals surface area contributed by atoms with Crippen LogP contribution in [0.5, 0.6) is 0 Å². The van der Waals surface area contributed by atoms with E-state index in [-0.39, 0.29) is 0 Å². The van der Waals surface area contributed by atoms with Crippen molar-refractivity contribution in [2.75, 3.05) is 24.6 Å². The van der Waals surface area contributed by atoms with Crippen LogP contribution in [-0.2, 0) is 0 Å². The summed E-state index contributed by atoms with van der Waals surface area (Å²) in [4.78, 5) is 2.52. The topological polar surface area (TPSA) is 29.3 Å². The fourth-order valence-electron chi connectivity index (χ4n) is 1.58. The first kappa shape index (κ1) is 10.4. The van der Waals surface area contributed by atoms with Gasteiger partial charge in [-0.2, -0.15) is 11.8 Å². The van der Waals surface area contributed by atoms with Crippen LogP contribution in [0.2, 0.25) is 0 Å². The SMILES string of the molecule is CC(N)CN1CCSCCC1C. The lowest BCUT2D eigenvalue weighted by molar-refractivity contribution is 0.211. The Hall–Kier alpha value is 0.270. The van der Waals surface area contributed by atoms with Gasteiger partial charge in [0.15, 0.2) is 0 Å². The normalized spacial score (nSPS) is 29.8. The van der Waals surface area contributed by atoms with Crippen LogP contribution in [0.4, 0.5) is 0 Å². The number of hydrogen-bond donors (Lipinski definition) is 1. The molecule has 72 valence electrons. The summed E-state index contributed by atoms with van der Waals surface area (Å²) in [6.45, 7) is 6.67. The Labute approximate surface area is 79.9 Å². The predicted molar refractivity (Wildman–Crippen MR) is 56.6 cm³/mol. The van der Waals surface area contributed by atoms with Gasteiger partial charge in [-0.15, -0.1) is 0 Å². The zero-order valence-corrected chi connectivity index (χ0v) is 8.94. The van der Waals surface area contributed by atoms with Gasteiger partial charge in [0.05, 0.1) is 0 Å². The highest BCUT2D eigenvalue weighted by Gasteiger charge is 2.17. The van der Waals surface area contributed by atoms with Gasteiger partial charge < -0.3 is 5.73 Å². The second-order valence-electron chi connectivity index (χ2n) is 3.72. The highest BCUT2D eigenvalue weighted by molar-refractivity contribution is 7.99. The summed E-state index contributed by atoms with van der Waals surface area (Å²) < 4.78 is 0. The largest absolute Gasteiger partial charge is 0.327 e. The summed E-state index contributed by atoms with van der Waals surface area (Å²) in [5, 5.41) is 0. The van der Waals surface area contributed by atoms with Crippen LogP contribution in [0, 0.1) is 0 Å². The third-order valence-electron chi connectivity index (χ3n) is 2.35. The van der Waals surface area contributed by atoms with E-state index in [0.717, 1.165) is 12.6 Å². The van der Waals surface area contributed by atoms with Gasteiger partial charge in [0.25, 0.3) is 0 Å². The quantitative estimate of drug-likeness (QED) is 0.705. The van der Waals surface area contributed by atoms with Crippen molar-refractivity contribution in [3.05, 3.63) is 0 Å². The summed E-state index contributed by atoms with van der Waals surface area (Å²) in [6.07, 6.45) is 1.32. The van der Waals surface area contributed by atoms with Gasteiger partial charge in [-0.25, -0.2) is 0 Å². The zero-order valence-electron chi connectivity index (χ0n) is 8.12. The van der Waals surface area contributed by atoms with Gasteiger partial charge in [-0.05, 0) is 26.0 Å². The summed E-state index contributed by atoms with van der Waals surface area (Å²) in [5.74, 6) is 2.59. The number of hydrogen-bond acceptors (Lipinski definition) is 3. The number of nitrogens with zero attached hydrogens (tertiary/aromatic N) is 1. The van der Waals surface area contributed by atoms with Crippen molar-refractivity contribution in [3.8, 4) is 0 Å². The molecule has 0 radical (unpaired) electrons. The molecule has 0 aromatic heterocycles. The molecular formula is C9H20N2S. The molecular weight excluding hydrogens is 168 g/mol. The fourth-order valence-corrected chi connectivity index (χ4v) is 2.66. The van der Waals surface area contributed by atoms with Crippen molar-refractivity contribution < 1.29 is 0 Å². The third kappa shape index (κ3) is 3.33. The van der Waals surface area contributed by atoms with Crippen LogP contribution in [0.25, 0.3) is 0 Å². The Morgan fingerprint density at radius 1 is 1.58 bits per heavy atom. The van der Waals surface area contributed by atoms with E-state index in [0.29, 0.717) is 6.04 Å². The predicted octanol–water partition coefficient (Wildman–Crippen LogP) is 1.16. The number of rotatable bonds is 2. The fraction of sp³-hybridized carbons (Fsp3) is 1.00. The highest BCUT2D eigenvalue weighted by Crippen LogP contribution is 2.15. The van der Waals surface area contributed by atoms with Crippen LogP contribution in [0.1, 0.15) is 20.3 Å². The summed E-state index contributed by atoms with van der Waals surface area (Å²) >= 11 is 2.07. The van der Waals surface area contributed by atoms with E-state index < -0.39 is 0 Å². The molecule has 2 N–H and O–H groups in total. The Bertz CT molecular complexity index is 128. The average Bonchev–Trinajstić information content (AvgIpc) is 2.16. The number of nitrogens with two attached hydrogens (primary N) is 1. The van der Waals surface area contributed by atoms with Crippen LogP contribution >= 0.6 is 11.8 Å². The molecule has 0 amide bonds. The van der Waals surface area contributed by atoms with Gasteiger partial charge in [0, 0.05) is 30.9 Å². The molecule has 0 aliphatic carbocycles. The lowest BCUT2D eigenvalue weighted by Crippen LogP contribution is -2.41. The molecule has 0 aromatic rings. The molecule has 2 nitrogen and oxygen atoms in total. The molecule has 0 spiro atoms. The minimum atomic E-state index is 0.315. The summed E-state index contributed by atoms with van der Waals surface area (Å²) in [7, 11) is 0. The van der Waals surface area contributed by atoms with Gasteiger partial charge in [0.2, 0.25) is 0 Å². The monoisotopic (exact) mass is 188 g/mol. The maximum Gasteiger partial charge on any atom is 0.0139 e. The molecule has 12 heavy (non-hydrogen) atoms. The van der Waals surface area contributed by atoms with Gasteiger partial charge >= 0.3 is 0 Å². The van der Waals surface area contributed by atoms with Crippen molar-refractivity contribution in [2.45, 2.75) is 32.4 Å². The van der Waals surface area contributed by atoms with E-state index in [9.17, 15) is 0 Å². The maximum absolute atomic E-state index is 5.79. The average molecular weight is 188 g/mol. The van der Waals surface area contributed by atoms with Crippen LogP contribution in [0.15, 0.2) is 0 Å². The zero-order chi connectivity index (χ0) is 8.97. The summed E-state index contributed by atoms with van der Waals surface area (Å²) in [6, 6.07) is 1.04. The molecule has 1 fully saturated rings. The minimum Gasteiger partial charge on any atom is -0.327 e. The van der Waals surface area contributed by atoms with Gasteiger partial charge in [-0.1, -0.05) is 0 Å². The molecule has 0 bridgehead atoms. The molecule has 1 saturated heterocycles. The first-order chi connectivity index (χ1) is 5.70. The first-order valence-electron chi connectivity index (χ1n) is 4.77. The lowest BCUT2D eigenvalue weighted by Gasteiger charge is -2.27. The van der Waals surface area contributed by atoms with Gasteiger partial charge in [-0.3, -0.25) is 4.90 Å². The molecule has 0 aromatic carbocycles. The molecule has 2 unspecified atom stereocenters. The van der Waals surface area contributed by atoms with E-state index in [1.54, 1.807) is 0 Å². The first-order valence-corrected chi connectivity index (χ1v) is 5.93. The Kier molecular flexibility index (Phi) is 4.40. The Morgan fingerprint density at radius 2 is 2.33 bits per heavy atom. The number of thioether (sulfide) groups is 1. The van der Waals surface area contributed by atoms with E-state index in [4.69, 9.17) is 5.73 Å². The second-order valence-corrected chi connectivity index (χ2v) is 4.95. The van der Waals surface area contributed by atoms with E-state index in [1.807, 2.05) is 0 Å². The standard InChI is InChI=1S/C9H20N2S/c1-8(10)7-11-4-6-12-5-3-9(11)2/h8-9H,3-7,10H2,1-2H3. The van der Waals surface area contributed by atoms with E-state index in [2.05, 4.69) is 30.5 Å². The van der Waals surface area contributed by atoms with Crippen LogP contribution in [0.3, 0.4) is 0 Å². The van der Waals surface area contributed by atoms with Crippen molar-refractivity contribution >= 4 is 11.8 Å². The molecule has 3 heteroatoms. The van der Waals surface area contributed by atoms with E-state index in [1.165, 1.54) is 24.5 Å². The van der Waals surface area contributed by atoms with Crippen molar-refractivity contribution in [1.29, 1.82) is 0 Å². The Morgan fingerprint density at radius 3 is 3.00 bits per heavy atom. The van der Waals surface area contributed by atoms with Crippen molar-refractivity contribution in [3.63, 3.8) is 0 Å². The van der Waals surface area contributed by atoms with Crippen molar-refractivity contribution in [1.82, 2.24) is 4.90 Å². The van der Waals surface area contributed by atoms with Crippen molar-refractivity contribution in [2.24, 2.45) is 5.73 Å². The molecule has 1 aliphatic rings. The second kappa shape index (κ2) is 5.10. The molecule has 1 heterocycles. The molecule has 1 rings (SSSR count). The molecule has 2 atom stereocenters. The molecule has 0 saturated carbocycles. The smallest absolute Gasteiger partial charge is 0.0139 e. The van der Waals surface area contributed by atoms with Crippen LogP contribution in [-0.4, -0.2) is 41.6 Å². The minimum absolute atomic E-state index is 0.315.